The first-order valence-electron chi connectivity index (χ1n) is 6.19. The van der Waals surface area contributed by atoms with Gasteiger partial charge in [0.05, 0.1) is 18.4 Å². The van der Waals surface area contributed by atoms with Crippen LogP contribution in [0.3, 0.4) is 0 Å². The first-order chi connectivity index (χ1) is 9.29. The molecule has 2 rings (SSSR count). The van der Waals surface area contributed by atoms with Gasteiger partial charge >= 0.3 is 0 Å². The lowest BCUT2D eigenvalue weighted by Crippen LogP contribution is -2.09. The lowest BCUT2D eigenvalue weighted by Gasteiger charge is -2.08. The highest BCUT2D eigenvalue weighted by atomic mass is 19.1. The van der Waals surface area contributed by atoms with Gasteiger partial charge in [-0.2, -0.15) is 4.98 Å². The van der Waals surface area contributed by atoms with Crippen molar-refractivity contribution in [3.8, 4) is 0 Å². The molecule has 0 saturated heterocycles. The molecule has 2 heterocycles. The fraction of sp³-hybridized carbons (Fsp3) is 0.308. The summed E-state index contributed by atoms with van der Waals surface area (Å²) in [7, 11) is 0. The molecule has 5 nitrogen and oxygen atoms in total. The summed E-state index contributed by atoms with van der Waals surface area (Å²) in [6.07, 6.45) is 3.81. The Morgan fingerprint density at radius 2 is 2.11 bits per heavy atom. The largest absolute Gasteiger partial charge is 0.362 e. The minimum Gasteiger partial charge on any atom is -0.362 e. The van der Waals surface area contributed by atoms with Gasteiger partial charge in [-0.1, -0.05) is 13.0 Å². The minimum absolute atomic E-state index is 0.180. The van der Waals surface area contributed by atoms with Crippen molar-refractivity contribution < 1.29 is 4.39 Å². The summed E-state index contributed by atoms with van der Waals surface area (Å²) in [5.41, 5.74) is 0.823. The molecule has 2 N–H and O–H groups in total. The zero-order chi connectivity index (χ0) is 13.5. The number of hydrogen-bond donors (Lipinski definition) is 2. The van der Waals surface area contributed by atoms with E-state index >= 15 is 0 Å². The molecule has 0 spiro atoms. The number of anilines is 2. The number of halogens is 1. The molecule has 6 heteroatoms. The molecule has 0 atom stereocenters. The summed E-state index contributed by atoms with van der Waals surface area (Å²) in [5.74, 6) is 0.129. The van der Waals surface area contributed by atoms with Gasteiger partial charge in [0.2, 0.25) is 5.95 Å². The normalized spacial score (nSPS) is 10.2. The third kappa shape index (κ3) is 3.87. The molecule has 0 radical (unpaired) electrons. The fourth-order valence-corrected chi connectivity index (χ4v) is 1.49. The van der Waals surface area contributed by atoms with Gasteiger partial charge in [-0.25, -0.2) is 9.37 Å². The number of nitrogens with one attached hydrogen (secondary N) is 2. The molecule has 0 amide bonds. The number of aromatic nitrogens is 3. The van der Waals surface area contributed by atoms with E-state index < -0.39 is 5.82 Å². The highest BCUT2D eigenvalue weighted by Crippen LogP contribution is 2.12. The lowest BCUT2D eigenvalue weighted by atomic mass is 10.3. The van der Waals surface area contributed by atoms with Crippen LogP contribution in [0.4, 0.5) is 16.2 Å². The molecule has 2 aromatic rings. The molecule has 0 unspecified atom stereocenters. The van der Waals surface area contributed by atoms with Crippen LogP contribution >= 0.6 is 0 Å². The van der Waals surface area contributed by atoms with Gasteiger partial charge in [-0.3, -0.25) is 4.98 Å². The van der Waals surface area contributed by atoms with Gasteiger partial charge in [0, 0.05) is 12.7 Å². The van der Waals surface area contributed by atoms with Crippen LogP contribution in [0.1, 0.15) is 19.0 Å². The molecule has 19 heavy (non-hydrogen) atoms. The van der Waals surface area contributed by atoms with E-state index in [0.717, 1.165) is 24.9 Å². The smallest absolute Gasteiger partial charge is 0.224 e. The Morgan fingerprint density at radius 1 is 1.21 bits per heavy atom. The maximum Gasteiger partial charge on any atom is 0.224 e. The van der Waals surface area contributed by atoms with E-state index in [-0.39, 0.29) is 5.82 Å². The van der Waals surface area contributed by atoms with Gasteiger partial charge in [0.1, 0.15) is 0 Å². The van der Waals surface area contributed by atoms with Crippen LogP contribution in [-0.4, -0.2) is 21.5 Å². The second kappa shape index (κ2) is 6.63. The van der Waals surface area contributed by atoms with Crippen LogP contribution in [-0.2, 0) is 6.54 Å². The Morgan fingerprint density at radius 3 is 2.84 bits per heavy atom. The Hall–Kier alpha value is -2.24. The standard InChI is InChI=1S/C13H16FN5/c1-2-6-16-13-18-9-11(14)12(19-13)17-8-10-5-3-4-7-15-10/h3-5,7,9H,2,6,8H2,1H3,(H2,16,17,18,19). The molecule has 100 valence electrons. The van der Waals surface area contributed by atoms with Crippen molar-refractivity contribution in [2.45, 2.75) is 19.9 Å². The minimum atomic E-state index is -0.474. The van der Waals surface area contributed by atoms with E-state index in [1.165, 1.54) is 0 Å². The van der Waals surface area contributed by atoms with Crippen LogP contribution in [0, 0.1) is 5.82 Å². The van der Waals surface area contributed by atoms with Crippen molar-refractivity contribution in [1.29, 1.82) is 0 Å². The van der Waals surface area contributed by atoms with E-state index in [9.17, 15) is 4.39 Å². The zero-order valence-electron chi connectivity index (χ0n) is 10.7. The fourth-order valence-electron chi connectivity index (χ4n) is 1.49. The first kappa shape index (κ1) is 13.2. The van der Waals surface area contributed by atoms with Crippen LogP contribution in [0.25, 0.3) is 0 Å². The summed E-state index contributed by atoms with van der Waals surface area (Å²) >= 11 is 0. The number of nitrogens with zero attached hydrogens (tertiary/aromatic N) is 3. The van der Waals surface area contributed by atoms with Crippen molar-refractivity contribution in [1.82, 2.24) is 15.0 Å². The van der Waals surface area contributed by atoms with Gasteiger partial charge in [0.15, 0.2) is 11.6 Å². The monoisotopic (exact) mass is 261 g/mol. The van der Waals surface area contributed by atoms with Crippen LogP contribution in [0.15, 0.2) is 30.6 Å². The lowest BCUT2D eigenvalue weighted by molar-refractivity contribution is 0.617. The average molecular weight is 261 g/mol. The predicted octanol–water partition coefficient (Wildman–Crippen LogP) is 2.44. The summed E-state index contributed by atoms with van der Waals surface area (Å²) in [6, 6.07) is 5.58. The summed E-state index contributed by atoms with van der Waals surface area (Å²) in [5, 5.41) is 5.93. The third-order valence-electron chi connectivity index (χ3n) is 2.44. The van der Waals surface area contributed by atoms with Crippen molar-refractivity contribution in [3.05, 3.63) is 42.1 Å². The van der Waals surface area contributed by atoms with Gasteiger partial charge in [0.25, 0.3) is 0 Å². The van der Waals surface area contributed by atoms with Crippen molar-refractivity contribution in [3.63, 3.8) is 0 Å². The van der Waals surface area contributed by atoms with Crippen LogP contribution < -0.4 is 10.6 Å². The van der Waals surface area contributed by atoms with E-state index in [4.69, 9.17) is 0 Å². The molecule has 0 aliphatic carbocycles. The molecule has 0 saturated carbocycles. The van der Waals surface area contributed by atoms with Crippen molar-refractivity contribution in [2.24, 2.45) is 0 Å². The van der Waals surface area contributed by atoms with Crippen LogP contribution in [0.2, 0.25) is 0 Å². The molecular formula is C13H16FN5. The molecule has 0 aliphatic rings. The molecule has 2 aromatic heterocycles. The Labute approximate surface area is 111 Å². The van der Waals surface area contributed by atoms with E-state index in [0.29, 0.717) is 12.5 Å². The zero-order valence-corrected chi connectivity index (χ0v) is 10.7. The highest BCUT2D eigenvalue weighted by molar-refractivity contribution is 5.41. The highest BCUT2D eigenvalue weighted by Gasteiger charge is 2.06. The first-order valence-corrected chi connectivity index (χ1v) is 6.19. The molecule has 0 fully saturated rings. The van der Waals surface area contributed by atoms with Crippen molar-refractivity contribution in [2.75, 3.05) is 17.2 Å². The van der Waals surface area contributed by atoms with Crippen molar-refractivity contribution >= 4 is 11.8 Å². The third-order valence-corrected chi connectivity index (χ3v) is 2.44. The maximum absolute atomic E-state index is 13.6. The molecular weight excluding hydrogens is 245 g/mol. The topological polar surface area (TPSA) is 62.7 Å². The van der Waals surface area contributed by atoms with E-state index in [1.54, 1.807) is 6.20 Å². The van der Waals surface area contributed by atoms with E-state index in [1.807, 2.05) is 25.1 Å². The summed E-state index contributed by atoms with van der Waals surface area (Å²) in [4.78, 5) is 12.1. The van der Waals surface area contributed by atoms with Gasteiger partial charge in [-0.15, -0.1) is 0 Å². The number of pyridine rings is 1. The second-order valence-electron chi connectivity index (χ2n) is 3.99. The summed E-state index contributed by atoms with van der Waals surface area (Å²) < 4.78 is 13.6. The average Bonchev–Trinajstić information content (AvgIpc) is 2.46. The summed E-state index contributed by atoms with van der Waals surface area (Å²) in [6.45, 7) is 3.21. The molecule has 0 aliphatic heterocycles. The Kier molecular flexibility index (Phi) is 4.60. The predicted molar refractivity (Wildman–Crippen MR) is 72.3 cm³/mol. The number of rotatable bonds is 6. The molecule has 0 bridgehead atoms. The quantitative estimate of drug-likeness (QED) is 0.836. The second-order valence-corrected chi connectivity index (χ2v) is 3.99. The number of hydrogen-bond acceptors (Lipinski definition) is 5. The SMILES string of the molecule is CCCNc1ncc(F)c(NCc2ccccn2)n1. The van der Waals surface area contributed by atoms with Crippen LogP contribution in [0.5, 0.6) is 0 Å². The maximum atomic E-state index is 13.6. The molecule has 0 aromatic carbocycles. The van der Waals surface area contributed by atoms with Gasteiger partial charge in [-0.05, 0) is 18.6 Å². The van der Waals surface area contributed by atoms with Gasteiger partial charge < -0.3 is 10.6 Å². The Bertz CT molecular complexity index is 518. The van der Waals surface area contributed by atoms with E-state index in [2.05, 4.69) is 25.6 Å². The Balaban J connectivity index is 2.02.